The van der Waals surface area contributed by atoms with Gasteiger partial charge in [-0.15, -0.1) is 0 Å². The highest BCUT2D eigenvalue weighted by Gasteiger charge is 2.12. The van der Waals surface area contributed by atoms with Gasteiger partial charge in [-0.2, -0.15) is 0 Å². The first-order chi connectivity index (χ1) is 7.72. The molecule has 0 saturated carbocycles. The Bertz CT molecular complexity index is 132. The molecule has 0 radical (unpaired) electrons. The molecule has 0 bridgehead atoms. The van der Waals surface area contributed by atoms with Gasteiger partial charge in [0.1, 0.15) is 13.6 Å². The highest BCUT2D eigenvalue weighted by Crippen LogP contribution is 2.40. The summed E-state index contributed by atoms with van der Waals surface area (Å²) in [6.07, 6.45) is 2.24. The fraction of sp³-hybridized carbons (Fsp3) is 1.00. The third-order valence-electron chi connectivity index (χ3n) is 2.18. The normalized spacial score (nSPS) is 11.6. The smallest absolute Gasteiger partial charge is 0.146 e. The lowest BCUT2D eigenvalue weighted by Gasteiger charge is -2.21. The van der Waals surface area contributed by atoms with Gasteiger partial charge in [0.2, 0.25) is 0 Å². The van der Waals surface area contributed by atoms with Crippen molar-refractivity contribution >= 4 is 7.92 Å². The minimum atomic E-state index is -0.0140. The maximum atomic E-state index is 5.32. The van der Waals surface area contributed by atoms with E-state index >= 15 is 0 Å². The molecule has 0 aromatic carbocycles. The van der Waals surface area contributed by atoms with Crippen molar-refractivity contribution in [2.75, 3.05) is 53.3 Å². The lowest BCUT2D eigenvalue weighted by atomic mass is 10.6. The van der Waals surface area contributed by atoms with Gasteiger partial charge in [0, 0.05) is 14.2 Å². The largest absolute Gasteiger partial charge is 0.359 e. The zero-order valence-corrected chi connectivity index (χ0v) is 11.8. The first-order valence-electron chi connectivity index (χ1n) is 5.59. The average Bonchev–Trinajstić information content (AvgIpc) is 2.26. The lowest BCUT2D eigenvalue weighted by molar-refractivity contribution is -0.0255. The molecule has 0 saturated heterocycles. The Morgan fingerprint density at radius 3 is 1.62 bits per heavy atom. The molecule has 0 aliphatic heterocycles. The summed E-state index contributed by atoms with van der Waals surface area (Å²) >= 11 is 0. The van der Waals surface area contributed by atoms with Gasteiger partial charge >= 0.3 is 0 Å². The molecule has 98 valence electrons. The predicted octanol–water partition coefficient (Wildman–Crippen LogP) is 2.12. The SMILES string of the molecule is COCOCCP(CCOCOC)C(C)C. The Morgan fingerprint density at radius 1 is 0.875 bits per heavy atom. The van der Waals surface area contributed by atoms with E-state index in [9.17, 15) is 0 Å². The molecule has 0 rings (SSSR count). The zero-order valence-electron chi connectivity index (χ0n) is 10.9. The van der Waals surface area contributed by atoms with Crippen LogP contribution in [0, 0.1) is 0 Å². The minimum Gasteiger partial charge on any atom is -0.359 e. The quantitative estimate of drug-likeness (QED) is 0.320. The van der Waals surface area contributed by atoms with Crippen LogP contribution in [0.3, 0.4) is 0 Å². The summed E-state index contributed by atoms with van der Waals surface area (Å²) in [5.41, 5.74) is 0.715. The Labute approximate surface area is 100 Å². The second kappa shape index (κ2) is 11.7. The van der Waals surface area contributed by atoms with Crippen LogP contribution < -0.4 is 0 Å². The molecule has 0 heterocycles. The van der Waals surface area contributed by atoms with Gasteiger partial charge in [-0.25, -0.2) is 0 Å². The van der Waals surface area contributed by atoms with Crippen molar-refractivity contribution < 1.29 is 18.9 Å². The predicted molar refractivity (Wildman–Crippen MR) is 67.4 cm³/mol. The van der Waals surface area contributed by atoms with E-state index in [1.54, 1.807) is 14.2 Å². The maximum absolute atomic E-state index is 5.32. The number of hydrogen-bond acceptors (Lipinski definition) is 4. The molecule has 0 atom stereocenters. The van der Waals surface area contributed by atoms with Gasteiger partial charge in [-0.3, -0.25) is 0 Å². The van der Waals surface area contributed by atoms with Crippen molar-refractivity contribution in [2.24, 2.45) is 0 Å². The van der Waals surface area contributed by atoms with Crippen molar-refractivity contribution in [3.8, 4) is 0 Å². The fourth-order valence-electron chi connectivity index (χ4n) is 1.28. The highest BCUT2D eigenvalue weighted by molar-refractivity contribution is 7.58. The van der Waals surface area contributed by atoms with Gasteiger partial charge in [0.15, 0.2) is 0 Å². The molecule has 0 N–H and O–H groups in total. The van der Waals surface area contributed by atoms with Crippen LogP contribution in [0.2, 0.25) is 0 Å². The summed E-state index contributed by atoms with van der Waals surface area (Å²) in [5, 5.41) is 0. The van der Waals surface area contributed by atoms with Crippen molar-refractivity contribution in [1.82, 2.24) is 0 Å². The third-order valence-corrected chi connectivity index (χ3v) is 5.15. The van der Waals surface area contributed by atoms with Gasteiger partial charge in [0.25, 0.3) is 0 Å². The van der Waals surface area contributed by atoms with E-state index in [0.29, 0.717) is 19.2 Å². The molecule has 0 aromatic heterocycles. The van der Waals surface area contributed by atoms with E-state index in [1.807, 2.05) is 0 Å². The second-order valence-electron chi connectivity index (χ2n) is 3.76. The Balaban J connectivity index is 3.54. The fourth-order valence-corrected chi connectivity index (χ4v) is 3.26. The van der Waals surface area contributed by atoms with E-state index < -0.39 is 0 Å². The van der Waals surface area contributed by atoms with E-state index in [-0.39, 0.29) is 7.92 Å². The van der Waals surface area contributed by atoms with Crippen LogP contribution in [0.25, 0.3) is 0 Å². The van der Waals surface area contributed by atoms with E-state index in [0.717, 1.165) is 25.5 Å². The summed E-state index contributed by atoms with van der Waals surface area (Å²) < 4.78 is 20.3. The van der Waals surface area contributed by atoms with Crippen LogP contribution in [0.15, 0.2) is 0 Å². The third kappa shape index (κ3) is 9.49. The highest BCUT2D eigenvalue weighted by atomic mass is 31.1. The monoisotopic (exact) mass is 252 g/mol. The standard InChI is InChI=1S/C11H25O4P/c1-11(2)16(7-5-14-9-12-3)8-6-15-10-13-4/h11H,5-10H2,1-4H3. The maximum Gasteiger partial charge on any atom is 0.146 e. The van der Waals surface area contributed by atoms with Crippen LogP contribution in [0.1, 0.15) is 13.8 Å². The number of rotatable bonds is 11. The molecule has 0 spiro atoms. The zero-order chi connectivity index (χ0) is 12.2. The van der Waals surface area contributed by atoms with E-state index in [2.05, 4.69) is 13.8 Å². The van der Waals surface area contributed by atoms with Gasteiger partial charge in [0.05, 0.1) is 13.2 Å². The molecular weight excluding hydrogens is 227 g/mol. The molecule has 5 heteroatoms. The molecule has 0 aliphatic rings. The van der Waals surface area contributed by atoms with Gasteiger partial charge in [-0.05, 0) is 18.0 Å². The van der Waals surface area contributed by atoms with Crippen molar-refractivity contribution in [3.05, 3.63) is 0 Å². The van der Waals surface area contributed by atoms with Crippen LogP contribution in [0.4, 0.5) is 0 Å². The Kier molecular flexibility index (Phi) is 11.9. The lowest BCUT2D eigenvalue weighted by Crippen LogP contribution is -2.11. The molecule has 0 aliphatic carbocycles. The first-order valence-corrected chi connectivity index (χ1v) is 7.38. The van der Waals surface area contributed by atoms with E-state index in [4.69, 9.17) is 18.9 Å². The van der Waals surface area contributed by atoms with Crippen molar-refractivity contribution in [3.63, 3.8) is 0 Å². The van der Waals surface area contributed by atoms with Crippen LogP contribution in [-0.4, -0.2) is 59.0 Å². The molecule has 0 amide bonds. The summed E-state index contributed by atoms with van der Waals surface area (Å²) in [4.78, 5) is 0. The molecule has 4 nitrogen and oxygen atoms in total. The van der Waals surface area contributed by atoms with Crippen LogP contribution >= 0.6 is 7.92 Å². The molecule has 0 fully saturated rings. The van der Waals surface area contributed by atoms with Crippen LogP contribution in [-0.2, 0) is 18.9 Å². The summed E-state index contributed by atoms with van der Waals surface area (Å²) in [7, 11) is 3.27. The summed E-state index contributed by atoms with van der Waals surface area (Å²) in [5.74, 6) is 0. The molecule has 0 aromatic rings. The van der Waals surface area contributed by atoms with Gasteiger partial charge < -0.3 is 18.9 Å². The molecule has 0 unspecified atom stereocenters. The summed E-state index contributed by atoms with van der Waals surface area (Å²) in [6.45, 7) is 6.86. The minimum absolute atomic E-state index is 0.0140. The number of ether oxygens (including phenoxy) is 4. The van der Waals surface area contributed by atoms with Crippen molar-refractivity contribution in [1.29, 1.82) is 0 Å². The molecule has 16 heavy (non-hydrogen) atoms. The number of methoxy groups -OCH3 is 2. The average molecular weight is 252 g/mol. The van der Waals surface area contributed by atoms with Crippen LogP contribution in [0.5, 0.6) is 0 Å². The second-order valence-corrected chi connectivity index (χ2v) is 6.86. The first kappa shape index (κ1) is 16.3. The van der Waals surface area contributed by atoms with Crippen molar-refractivity contribution in [2.45, 2.75) is 19.5 Å². The Hall–Kier alpha value is 0.270. The topological polar surface area (TPSA) is 36.9 Å². The van der Waals surface area contributed by atoms with Gasteiger partial charge in [-0.1, -0.05) is 21.8 Å². The number of hydrogen-bond donors (Lipinski definition) is 0. The Morgan fingerprint density at radius 2 is 1.31 bits per heavy atom. The summed E-state index contributed by atoms with van der Waals surface area (Å²) in [6, 6.07) is 0. The molecular formula is C11H25O4P. The van der Waals surface area contributed by atoms with E-state index in [1.165, 1.54) is 0 Å².